The number of nitrogens with zero attached hydrogens (tertiary/aromatic N) is 1. The van der Waals surface area contributed by atoms with Crippen molar-refractivity contribution < 1.29 is 9.53 Å². The van der Waals surface area contributed by atoms with Gasteiger partial charge >= 0.3 is 5.97 Å². The van der Waals surface area contributed by atoms with Gasteiger partial charge < -0.3 is 4.74 Å². The molecule has 1 aromatic heterocycles. The summed E-state index contributed by atoms with van der Waals surface area (Å²) in [6.07, 6.45) is 4.65. The predicted octanol–water partition coefficient (Wildman–Crippen LogP) is 0.287. The number of ether oxygens (including phenoxy) is 1. The highest BCUT2D eigenvalue weighted by molar-refractivity contribution is 7.07. The smallest absolute Gasteiger partial charge is 0.313 e. The first-order valence-electron chi connectivity index (χ1n) is 4.59. The van der Waals surface area contributed by atoms with Gasteiger partial charge in [0.25, 0.3) is 0 Å². The van der Waals surface area contributed by atoms with Crippen LogP contribution >= 0.6 is 11.3 Å². The fourth-order valence-electron chi connectivity index (χ4n) is 1.44. The Hall–Kier alpha value is -1.16. The minimum atomic E-state index is -0.136. The highest BCUT2D eigenvalue weighted by atomic mass is 32.1. The number of aromatic nitrogens is 1. The van der Waals surface area contributed by atoms with Gasteiger partial charge in [-0.2, -0.15) is 0 Å². The van der Waals surface area contributed by atoms with Crippen LogP contribution in [0.4, 0.5) is 0 Å². The van der Waals surface area contributed by atoms with E-state index in [4.69, 9.17) is 4.74 Å². The molecule has 1 aliphatic carbocycles. The molecular weight excluding hydrogens is 198 g/mol. The summed E-state index contributed by atoms with van der Waals surface area (Å²) in [4.78, 5) is 15.6. The average Bonchev–Trinajstić information content (AvgIpc) is 2.64. The van der Waals surface area contributed by atoms with Crippen LogP contribution in [0.3, 0.4) is 0 Å². The summed E-state index contributed by atoms with van der Waals surface area (Å²) in [5.41, 5.74) is 1.80. The normalized spacial score (nSPS) is 19.1. The molecule has 0 radical (unpaired) electrons. The van der Waals surface area contributed by atoms with Crippen molar-refractivity contribution in [1.29, 1.82) is 0 Å². The topological polar surface area (TPSA) is 39.2 Å². The van der Waals surface area contributed by atoms with Crippen LogP contribution in [0.15, 0.2) is 5.51 Å². The molecule has 0 aromatic carbocycles. The van der Waals surface area contributed by atoms with Crippen molar-refractivity contribution in [1.82, 2.24) is 4.98 Å². The lowest BCUT2D eigenvalue weighted by atomic mass is 10.0. The molecule has 0 bridgehead atoms. The third-order valence-electron chi connectivity index (χ3n) is 2.13. The lowest BCUT2D eigenvalue weighted by molar-refractivity contribution is -0.145. The van der Waals surface area contributed by atoms with E-state index in [0.717, 1.165) is 9.88 Å². The lowest BCUT2D eigenvalue weighted by Crippen LogP contribution is -2.29. The quantitative estimate of drug-likeness (QED) is 0.657. The molecule has 0 N–H and O–H groups in total. The second kappa shape index (κ2) is 3.92. The Bertz CT molecular complexity index is 449. The summed E-state index contributed by atoms with van der Waals surface area (Å²) in [5, 5.41) is 0.996. The molecule has 0 saturated carbocycles. The first-order chi connectivity index (χ1) is 6.81. The van der Waals surface area contributed by atoms with Crippen molar-refractivity contribution in [2.24, 2.45) is 5.92 Å². The number of fused-ring (bicyclic) bond motifs is 1. The maximum atomic E-state index is 11.4. The van der Waals surface area contributed by atoms with Gasteiger partial charge in [0.2, 0.25) is 0 Å². The van der Waals surface area contributed by atoms with Gasteiger partial charge in [0.15, 0.2) is 0 Å². The highest BCUT2D eigenvalue weighted by Crippen LogP contribution is 2.10. The van der Waals surface area contributed by atoms with Gasteiger partial charge in [0.1, 0.15) is 0 Å². The minimum absolute atomic E-state index is 0.122. The van der Waals surface area contributed by atoms with Gasteiger partial charge in [0.05, 0.1) is 27.9 Å². The zero-order valence-corrected chi connectivity index (χ0v) is 8.71. The maximum Gasteiger partial charge on any atom is 0.313 e. The zero-order valence-electron chi connectivity index (χ0n) is 7.90. The largest absolute Gasteiger partial charge is 0.466 e. The molecule has 2 rings (SSSR count). The van der Waals surface area contributed by atoms with Crippen LogP contribution in [-0.2, 0) is 9.53 Å². The van der Waals surface area contributed by atoms with Crippen molar-refractivity contribution in [3.63, 3.8) is 0 Å². The van der Waals surface area contributed by atoms with E-state index in [1.165, 1.54) is 0 Å². The summed E-state index contributed by atoms with van der Waals surface area (Å²) in [5.74, 6) is -0.259. The van der Waals surface area contributed by atoms with Crippen molar-refractivity contribution in [3.05, 3.63) is 15.4 Å². The molecule has 0 fully saturated rings. The monoisotopic (exact) mass is 209 g/mol. The molecule has 74 valence electrons. The van der Waals surface area contributed by atoms with Crippen LogP contribution < -0.4 is 9.88 Å². The van der Waals surface area contributed by atoms with E-state index < -0.39 is 0 Å². The fraction of sp³-hybridized carbons (Fsp3) is 0.400. The molecule has 1 heterocycles. The van der Waals surface area contributed by atoms with E-state index in [9.17, 15) is 4.79 Å². The van der Waals surface area contributed by atoms with E-state index in [1.807, 2.05) is 19.1 Å². The van der Waals surface area contributed by atoms with Crippen molar-refractivity contribution in [2.45, 2.75) is 13.3 Å². The molecule has 0 amide bonds. The number of thiazole rings is 1. The molecule has 4 heteroatoms. The van der Waals surface area contributed by atoms with Gasteiger partial charge in [-0.15, -0.1) is 11.3 Å². The molecule has 0 spiro atoms. The van der Waals surface area contributed by atoms with Crippen LogP contribution in [0.25, 0.3) is 12.2 Å². The molecule has 0 saturated heterocycles. The molecule has 14 heavy (non-hydrogen) atoms. The van der Waals surface area contributed by atoms with Gasteiger partial charge in [-0.25, -0.2) is 4.98 Å². The Morgan fingerprint density at radius 1 is 1.79 bits per heavy atom. The van der Waals surface area contributed by atoms with Gasteiger partial charge in [-0.3, -0.25) is 4.79 Å². The van der Waals surface area contributed by atoms with Gasteiger partial charge in [-0.05, 0) is 13.3 Å². The third-order valence-corrected chi connectivity index (χ3v) is 2.94. The Morgan fingerprint density at radius 3 is 3.43 bits per heavy atom. The summed E-state index contributed by atoms with van der Waals surface area (Å²) in [6, 6.07) is 0. The predicted molar refractivity (Wildman–Crippen MR) is 55.0 cm³/mol. The maximum absolute atomic E-state index is 11.4. The second-order valence-electron chi connectivity index (χ2n) is 3.07. The van der Waals surface area contributed by atoms with E-state index in [-0.39, 0.29) is 11.9 Å². The first kappa shape index (κ1) is 9.40. The average molecular weight is 209 g/mol. The highest BCUT2D eigenvalue weighted by Gasteiger charge is 2.18. The standard InChI is InChI=1S/C10H11NO2S/c1-2-13-10(12)7-3-4-8-9(5-7)14-6-11-8/h4-7H,2-3H2,1H3. The zero-order chi connectivity index (χ0) is 9.97. The van der Waals surface area contributed by atoms with Crippen molar-refractivity contribution in [2.75, 3.05) is 6.61 Å². The molecule has 1 aromatic rings. The summed E-state index contributed by atoms with van der Waals surface area (Å²) >= 11 is 1.56. The third kappa shape index (κ3) is 1.70. The van der Waals surface area contributed by atoms with E-state index >= 15 is 0 Å². The van der Waals surface area contributed by atoms with Gasteiger partial charge in [0, 0.05) is 0 Å². The van der Waals surface area contributed by atoms with Crippen LogP contribution in [0.5, 0.6) is 0 Å². The Balaban J connectivity index is 2.25. The number of carbonyl (C=O) groups excluding carboxylic acids is 1. The van der Waals surface area contributed by atoms with Gasteiger partial charge in [-0.1, -0.05) is 12.2 Å². The number of hydrogen-bond donors (Lipinski definition) is 0. The van der Waals surface area contributed by atoms with E-state index in [0.29, 0.717) is 13.0 Å². The Labute approximate surface area is 85.7 Å². The number of rotatable bonds is 2. The molecular formula is C10H11NO2S. The van der Waals surface area contributed by atoms with Crippen molar-refractivity contribution >= 4 is 29.5 Å². The summed E-state index contributed by atoms with van der Waals surface area (Å²) in [7, 11) is 0. The van der Waals surface area contributed by atoms with Crippen LogP contribution in [0.1, 0.15) is 13.3 Å². The molecule has 1 unspecified atom stereocenters. The molecule has 1 aliphatic rings. The van der Waals surface area contributed by atoms with E-state index in [1.54, 1.807) is 16.8 Å². The lowest BCUT2D eigenvalue weighted by Gasteiger charge is -2.10. The number of carbonyl (C=O) groups is 1. The van der Waals surface area contributed by atoms with Crippen LogP contribution in [0, 0.1) is 5.92 Å². The second-order valence-corrected chi connectivity index (χ2v) is 3.95. The summed E-state index contributed by atoms with van der Waals surface area (Å²) < 4.78 is 6.05. The van der Waals surface area contributed by atoms with E-state index in [2.05, 4.69) is 4.98 Å². The van der Waals surface area contributed by atoms with Crippen molar-refractivity contribution in [3.8, 4) is 0 Å². The summed E-state index contributed by atoms with van der Waals surface area (Å²) in [6.45, 7) is 2.27. The number of esters is 1. The molecule has 1 atom stereocenters. The minimum Gasteiger partial charge on any atom is -0.466 e. The fourth-order valence-corrected chi connectivity index (χ4v) is 2.22. The Morgan fingerprint density at radius 2 is 2.64 bits per heavy atom. The number of hydrogen-bond acceptors (Lipinski definition) is 4. The first-order valence-corrected chi connectivity index (χ1v) is 5.47. The van der Waals surface area contributed by atoms with Crippen LogP contribution in [0.2, 0.25) is 0 Å². The molecule has 0 aliphatic heterocycles. The van der Waals surface area contributed by atoms with Crippen LogP contribution in [-0.4, -0.2) is 17.6 Å². The SMILES string of the molecule is CCOC(=O)C1C=c2scnc2=CC1. The molecule has 3 nitrogen and oxygen atoms in total. The Kier molecular flexibility index (Phi) is 2.63.